The van der Waals surface area contributed by atoms with Crippen molar-refractivity contribution in [1.29, 1.82) is 0 Å². The first-order valence-electron chi connectivity index (χ1n) is 5.66. The summed E-state index contributed by atoms with van der Waals surface area (Å²) >= 11 is 11.8. The van der Waals surface area contributed by atoms with Crippen LogP contribution in [-0.2, 0) is 11.3 Å². The number of aromatic nitrogens is 1. The highest BCUT2D eigenvalue weighted by Crippen LogP contribution is 2.31. The molecule has 0 saturated heterocycles. The van der Waals surface area contributed by atoms with E-state index in [-0.39, 0.29) is 10.0 Å². The molecule has 20 heavy (non-hydrogen) atoms. The first kappa shape index (κ1) is 14.7. The fraction of sp³-hybridized carbons (Fsp3) is 0.154. The van der Waals surface area contributed by atoms with E-state index < -0.39 is 11.8 Å². The van der Waals surface area contributed by atoms with Gasteiger partial charge in [-0.2, -0.15) is 0 Å². The van der Waals surface area contributed by atoms with Crippen LogP contribution in [0.5, 0.6) is 0 Å². The van der Waals surface area contributed by atoms with E-state index in [9.17, 15) is 9.18 Å². The van der Waals surface area contributed by atoms with Crippen LogP contribution < -0.4 is 5.32 Å². The highest BCUT2D eigenvalue weighted by atomic mass is 35.5. The van der Waals surface area contributed by atoms with E-state index in [1.807, 2.05) is 0 Å². The molecule has 0 radical (unpaired) electrons. The molecule has 0 aliphatic rings. The smallest absolute Gasteiger partial charge is 0.354 e. The molecule has 7 heteroatoms. The fourth-order valence-corrected chi connectivity index (χ4v) is 2.26. The highest BCUT2D eigenvalue weighted by molar-refractivity contribution is 6.39. The quantitative estimate of drug-likeness (QED) is 0.842. The van der Waals surface area contributed by atoms with Crippen molar-refractivity contribution in [2.75, 3.05) is 12.4 Å². The van der Waals surface area contributed by atoms with E-state index in [4.69, 9.17) is 23.2 Å². The lowest BCUT2D eigenvalue weighted by atomic mass is 10.3. The Balaban J connectivity index is 2.09. The molecule has 0 aliphatic carbocycles. The van der Waals surface area contributed by atoms with Gasteiger partial charge in [0.1, 0.15) is 11.5 Å². The van der Waals surface area contributed by atoms with Gasteiger partial charge in [-0.15, -0.1) is 0 Å². The number of hydrogen-bond donors (Lipinski definition) is 2. The third-order valence-electron chi connectivity index (χ3n) is 2.61. The maximum absolute atomic E-state index is 13.0. The van der Waals surface area contributed by atoms with Crippen LogP contribution in [-0.4, -0.2) is 18.1 Å². The Bertz CT molecular complexity index is 620. The number of rotatable bonds is 4. The molecule has 0 fully saturated rings. The Labute approximate surface area is 124 Å². The highest BCUT2D eigenvalue weighted by Gasteiger charge is 2.10. The molecule has 2 aromatic rings. The lowest BCUT2D eigenvalue weighted by Crippen LogP contribution is -2.04. The van der Waals surface area contributed by atoms with E-state index in [0.717, 1.165) is 5.69 Å². The van der Waals surface area contributed by atoms with Crippen LogP contribution in [0.1, 0.15) is 16.2 Å². The predicted octanol–water partition coefficient (Wildman–Crippen LogP) is 3.86. The summed E-state index contributed by atoms with van der Waals surface area (Å²) in [7, 11) is 1.30. The number of methoxy groups -OCH3 is 1. The minimum absolute atomic E-state index is 0.190. The van der Waals surface area contributed by atoms with Crippen molar-refractivity contribution < 1.29 is 13.9 Å². The lowest BCUT2D eigenvalue weighted by Gasteiger charge is -2.09. The van der Waals surface area contributed by atoms with Crippen LogP contribution >= 0.6 is 23.2 Å². The number of benzene rings is 1. The van der Waals surface area contributed by atoms with Gasteiger partial charge < -0.3 is 15.0 Å². The summed E-state index contributed by atoms with van der Waals surface area (Å²) in [6, 6.07) is 5.68. The van der Waals surface area contributed by atoms with E-state index in [1.54, 1.807) is 12.1 Å². The molecule has 0 spiro atoms. The molecule has 1 aromatic heterocycles. The maximum atomic E-state index is 13.0. The topological polar surface area (TPSA) is 54.1 Å². The summed E-state index contributed by atoms with van der Waals surface area (Å²) in [6.07, 6.45) is 0. The number of ether oxygens (including phenoxy) is 1. The number of nitrogens with one attached hydrogen (secondary N) is 2. The largest absolute Gasteiger partial charge is 0.464 e. The molecule has 1 aromatic carbocycles. The average Bonchev–Trinajstić information content (AvgIpc) is 2.85. The van der Waals surface area contributed by atoms with Crippen molar-refractivity contribution in [2.45, 2.75) is 6.54 Å². The van der Waals surface area contributed by atoms with E-state index in [1.165, 1.54) is 19.2 Å². The molecule has 0 unspecified atom stereocenters. The summed E-state index contributed by atoms with van der Waals surface area (Å²) in [5, 5.41) is 3.36. The van der Waals surface area contributed by atoms with Gasteiger partial charge in [-0.3, -0.25) is 0 Å². The fourth-order valence-electron chi connectivity index (χ4n) is 1.67. The molecule has 0 atom stereocenters. The summed E-state index contributed by atoms with van der Waals surface area (Å²) in [6.45, 7) is 0.349. The predicted molar refractivity (Wildman–Crippen MR) is 75.9 cm³/mol. The zero-order valence-corrected chi connectivity index (χ0v) is 12.0. The van der Waals surface area contributed by atoms with Gasteiger partial charge in [0.2, 0.25) is 0 Å². The molecule has 0 bridgehead atoms. The van der Waals surface area contributed by atoms with Crippen LogP contribution in [0.3, 0.4) is 0 Å². The van der Waals surface area contributed by atoms with E-state index in [0.29, 0.717) is 17.9 Å². The number of halogens is 3. The monoisotopic (exact) mass is 316 g/mol. The lowest BCUT2D eigenvalue weighted by molar-refractivity contribution is 0.0594. The first-order chi connectivity index (χ1) is 9.51. The molecule has 4 nitrogen and oxygen atoms in total. The van der Waals surface area contributed by atoms with Crippen LogP contribution in [0.4, 0.5) is 10.1 Å². The maximum Gasteiger partial charge on any atom is 0.354 e. The van der Waals surface area contributed by atoms with Gasteiger partial charge in [0.05, 0.1) is 29.4 Å². The number of carbonyl (C=O) groups excluding carboxylic acids is 1. The molecule has 2 rings (SSSR count). The van der Waals surface area contributed by atoms with Crippen molar-refractivity contribution in [1.82, 2.24) is 4.98 Å². The Hall–Kier alpha value is -1.72. The van der Waals surface area contributed by atoms with Gasteiger partial charge in [0, 0.05) is 5.69 Å². The van der Waals surface area contributed by atoms with Gasteiger partial charge >= 0.3 is 5.97 Å². The van der Waals surface area contributed by atoms with Crippen LogP contribution in [0, 0.1) is 5.82 Å². The minimum atomic E-state index is -0.501. The number of H-pyrrole nitrogens is 1. The van der Waals surface area contributed by atoms with Crippen LogP contribution in [0.15, 0.2) is 24.3 Å². The normalized spacial score (nSPS) is 10.4. The second-order valence-corrected chi connectivity index (χ2v) is 4.80. The first-order valence-corrected chi connectivity index (χ1v) is 6.41. The van der Waals surface area contributed by atoms with E-state index in [2.05, 4.69) is 15.0 Å². The van der Waals surface area contributed by atoms with Gasteiger partial charge in [-0.25, -0.2) is 9.18 Å². The molecular formula is C13H11Cl2FN2O2. The third kappa shape index (κ3) is 3.23. The SMILES string of the molecule is COC(=O)c1ccc(CNc2c(Cl)cc(F)cc2Cl)[nH]1. The second-order valence-electron chi connectivity index (χ2n) is 3.99. The Morgan fingerprint density at radius 1 is 1.35 bits per heavy atom. The van der Waals surface area contributed by atoms with Crippen molar-refractivity contribution in [3.8, 4) is 0 Å². The van der Waals surface area contributed by atoms with Crippen molar-refractivity contribution in [2.24, 2.45) is 0 Å². The summed E-state index contributed by atoms with van der Waals surface area (Å²) in [4.78, 5) is 14.2. The van der Waals surface area contributed by atoms with E-state index >= 15 is 0 Å². The Kier molecular flexibility index (Phi) is 4.52. The number of aromatic amines is 1. The molecule has 106 valence electrons. The molecule has 0 saturated carbocycles. The van der Waals surface area contributed by atoms with Gasteiger partial charge in [-0.05, 0) is 24.3 Å². The summed E-state index contributed by atoms with van der Waals surface area (Å²) in [5.41, 5.74) is 1.52. The molecule has 1 heterocycles. The Morgan fingerprint density at radius 2 is 2.00 bits per heavy atom. The van der Waals surface area contributed by atoms with Gasteiger partial charge in [-0.1, -0.05) is 23.2 Å². The van der Waals surface area contributed by atoms with Crippen molar-refractivity contribution in [3.05, 3.63) is 51.5 Å². The van der Waals surface area contributed by atoms with Crippen molar-refractivity contribution >= 4 is 34.9 Å². The Morgan fingerprint density at radius 3 is 2.60 bits per heavy atom. The average molecular weight is 317 g/mol. The van der Waals surface area contributed by atoms with Gasteiger partial charge in [0.25, 0.3) is 0 Å². The minimum Gasteiger partial charge on any atom is -0.464 e. The number of anilines is 1. The summed E-state index contributed by atoms with van der Waals surface area (Å²) in [5.74, 6) is -0.951. The zero-order valence-electron chi connectivity index (χ0n) is 10.5. The molecule has 2 N–H and O–H groups in total. The third-order valence-corrected chi connectivity index (χ3v) is 3.21. The molecular weight excluding hydrogens is 306 g/mol. The van der Waals surface area contributed by atoms with Crippen molar-refractivity contribution in [3.63, 3.8) is 0 Å². The standard InChI is InChI=1S/C13H11Cl2FN2O2/c1-20-13(19)11-3-2-8(18-11)6-17-12-9(14)4-7(16)5-10(12)15/h2-5,17-18H,6H2,1H3. The number of esters is 1. The molecule has 0 amide bonds. The second kappa shape index (κ2) is 6.15. The summed E-state index contributed by atoms with van der Waals surface area (Å²) < 4.78 is 17.6. The van der Waals surface area contributed by atoms with Crippen LogP contribution in [0.2, 0.25) is 10.0 Å². The zero-order chi connectivity index (χ0) is 14.7. The van der Waals surface area contributed by atoms with Gasteiger partial charge in [0.15, 0.2) is 0 Å². The molecule has 0 aliphatic heterocycles. The van der Waals surface area contributed by atoms with Crippen LogP contribution in [0.25, 0.3) is 0 Å². The number of hydrogen-bond acceptors (Lipinski definition) is 3. The number of carbonyl (C=O) groups is 1.